The van der Waals surface area contributed by atoms with Crippen LogP contribution in [0.4, 0.5) is 21.7 Å². The number of H-pyrrole nitrogens is 1. The first-order valence-electron chi connectivity index (χ1n) is 10.7. The van der Waals surface area contributed by atoms with Crippen LogP contribution >= 0.6 is 0 Å². The van der Waals surface area contributed by atoms with E-state index in [-0.39, 0.29) is 17.4 Å². The Morgan fingerprint density at radius 2 is 1.64 bits per heavy atom. The van der Waals surface area contributed by atoms with Crippen molar-refractivity contribution in [3.05, 3.63) is 84.6 Å². The Morgan fingerprint density at radius 3 is 2.39 bits per heavy atom. The number of aromatic amines is 1. The van der Waals surface area contributed by atoms with Gasteiger partial charge < -0.3 is 15.1 Å². The van der Waals surface area contributed by atoms with Crippen LogP contribution in [0.5, 0.6) is 0 Å². The molecule has 0 radical (unpaired) electrons. The zero-order chi connectivity index (χ0) is 22.6. The van der Waals surface area contributed by atoms with Gasteiger partial charge in [-0.25, -0.2) is 14.4 Å². The second-order valence-corrected chi connectivity index (χ2v) is 7.70. The Kier molecular flexibility index (Phi) is 5.67. The maximum absolute atomic E-state index is 13.1. The van der Waals surface area contributed by atoms with E-state index in [1.54, 1.807) is 24.3 Å². The number of para-hydroxylation sites is 1. The monoisotopic (exact) mass is 443 g/mol. The molecule has 1 saturated heterocycles. The fourth-order valence-electron chi connectivity index (χ4n) is 3.81. The zero-order valence-corrected chi connectivity index (χ0v) is 17.8. The fraction of sp³-hybridized carbons (Fsp3) is 0.167. The molecule has 2 aromatic carbocycles. The van der Waals surface area contributed by atoms with Gasteiger partial charge in [-0.2, -0.15) is 5.10 Å². The average molecular weight is 443 g/mol. The molecule has 2 aromatic heterocycles. The highest BCUT2D eigenvalue weighted by Gasteiger charge is 2.19. The van der Waals surface area contributed by atoms with Crippen LogP contribution < -0.4 is 15.1 Å². The summed E-state index contributed by atoms with van der Waals surface area (Å²) in [6.45, 7) is 3.41. The number of aromatic nitrogens is 4. The number of nitrogens with one attached hydrogen (secondary N) is 2. The number of carbonyl (C=O) groups excluding carboxylic acids is 1. The van der Waals surface area contributed by atoms with Crippen molar-refractivity contribution in [1.82, 2.24) is 20.2 Å². The SMILES string of the molecule is O=C(Nc1cc(N2CCN(c3ccccc3)CC2)ncn1)c1cc(-c2ccc(F)cc2)n[nH]1. The molecule has 0 unspecified atom stereocenters. The van der Waals surface area contributed by atoms with Gasteiger partial charge in [0.25, 0.3) is 5.91 Å². The third kappa shape index (κ3) is 4.67. The lowest BCUT2D eigenvalue weighted by molar-refractivity contribution is 0.102. The molecule has 1 fully saturated rings. The summed E-state index contributed by atoms with van der Waals surface area (Å²) in [5.74, 6) is 0.487. The molecule has 0 atom stereocenters. The molecule has 1 aliphatic rings. The Labute approximate surface area is 190 Å². The van der Waals surface area contributed by atoms with Gasteiger partial charge in [-0.3, -0.25) is 9.89 Å². The Morgan fingerprint density at radius 1 is 0.909 bits per heavy atom. The highest BCUT2D eigenvalue weighted by atomic mass is 19.1. The molecular weight excluding hydrogens is 421 g/mol. The molecular formula is C24H22FN7O. The van der Waals surface area contributed by atoms with Crippen LogP contribution in [0.3, 0.4) is 0 Å². The standard InChI is InChI=1S/C24H22FN7O/c25-18-8-6-17(7-9-18)20-14-21(30-29-20)24(33)28-22-15-23(27-16-26-22)32-12-10-31(11-13-32)19-4-2-1-3-5-19/h1-9,14-16H,10-13H2,(H,29,30)(H,26,27,28,33). The summed E-state index contributed by atoms with van der Waals surface area (Å²) in [5, 5.41) is 9.66. The van der Waals surface area contributed by atoms with Gasteiger partial charge in [-0.1, -0.05) is 18.2 Å². The van der Waals surface area contributed by atoms with E-state index in [1.807, 2.05) is 18.2 Å². The van der Waals surface area contributed by atoms with Crippen molar-refractivity contribution in [1.29, 1.82) is 0 Å². The molecule has 1 amide bonds. The summed E-state index contributed by atoms with van der Waals surface area (Å²) in [6.07, 6.45) is 1.45. The smallest absolute Gasteiger partial charge is 0.274 e. The minimum Gasteiger partial charge on any atom is -0.368 e. The number of hydrogen-bond acceptors (Lipinski definition) is 6. The predicted octanol–water partition coefficient (Wildman–Crippen LogP) is 3.58. The van der Waals surface area contributed by atoms with E-state index in [0.717, 1.165) is 32.0 Å². The molecule has 4 aromatic rings. The van der Waals surface area contributed by atoms with E-state index < -0.39 is 0 Å². The van der Waals surface area contributed by atoms with Gasteiger partial charge in [-0.05, 0) is 42.5 Å². The van der Waals surface area contributed by atoms with Gasteiger partial charge in [0.1, 0.15) is 29.5 Å². The number of anilines is 3. The van der Waals surface area contributed by atoms with Crippen molar-refractivity contribution >= 4 is 23.2 Å². The summed E-state index contributed by atoms with van der Waals surface area (Å²) >= 11 is 0. The van der Waals surface area contributed by atoms with E-state index >= 15 is 0 Å². The van der Waals surface area contributed by atoms with Crippen LogP contribution in [0.2, 0.25) is 0 Å². The number of piperazine rings is 1. The summed E-state index contributed by atoms with van der Waals surface area (Å²) in [5.41, 5.74) is 2.77. The molecule has 8 nitrogen and oxygen atoms in total. The molecule has 1 aliphatic heterocycles. The lowest BCUT2D eigenvalue weighted by atomic mass is 10.1. The van der Waals surface area contributed by atoms with Crippen LogP contribution in [0.25, 0.3) is 11.3 Å². The molecule has 0 aliphatic carbocycles. The minimum absolute atomic E-state index is 0.283. The average Bonchev–Trinajstić information content (AvgIpc) is 3.36. The first-order valence-corrected chi connectivity index (χ1v) is 10.7. The lowest BCUT2D eigenvalue weighted by Crippen LogP contribution is -2.46. The summed E-state index contributed by atoms with van der Waals surface area (Å²) in [4.78, 5) is 25.8. The van der Waals surface area contributed by atoms with Crippen LogP contribution in [0.15, 0.2) is 73.1 Å². The molecule has 2 N–H and O–H groups in total. The molecule has 3 heterocycles. The molecule has 9 heteroatoms. The maximum Gasteiger partial charge on any atom is 0.274 e. The van der Waals surface area contributed by atoms with Crippen molar-refractivity contribution in [2.45, 2.75) is 0 Å². The normalized spacial score (nSPS) is 13.7. The highest BCUT2D eigenvalue weighted by molar-refractivity contribution is 6.03. The number of carbonyl (C=O) groups is 1. The predicted molar refractivity (Wildman–Crippen MR) is 125 cm³/mol. The molecule has 166 valence electrons. The van der Waals surface area contributed by atoms with Gasteiger partial charge >= 0.3 is 0 Å². The number of hydrogen-bond donors (Lipinski definition) is 2. The molecule has 33 heavy (non-hydrogen) atoms. The number of benzene rings is 2. The van der Waals surface area contributed by atoms with Gasteiger partial charge in [0.2, 0.25) is 0 Å². The van der Waals surface area contributed by atoms with Gasteiger partial charge in [-0.15, -0.1) is 0 Å². The van der Waals surface area contributed by atoms with Crippen LogP contribution in [-0.2, 0) is 0 Å². The Bertz CT molecular complexity index is 1240. The Balaban J connectivity index is 1.23. The second-order valence-electron chi connectivity index (χ2n) is 7.70. The van der Waals surface area contributed by atoms with Crippen molar-refractivity contribution in [3.63, 3.8) is 0 Å². The van der Waals surface area contributed by atoms with Gasteiger partial charge in [0.05, 0.1) is 5.69 Å². The Hall–Kier alpha value is -4.27. The van der Waals surface area contributed by atoms with Crippen LogP contribution in [0, 0.1) is 5.82 Å². The summed E-state index contributed by atoms with van der Waals surface area (Å²) in [7, 11) is 0. The third-order valence-corrected chi connectivity index (χ3v) is 5.58. The van der Waals surface area contributed by atoms with E-state index in [1.165, 1.54) is 24.1 Å². The van der Waals surface area contributed by atoms with E-state index in [2.05, 4.69) is 47.4 Å². The van der Waals surface area contributed by atoms with Crippen molar-refractivity contribution in [2.24, 2.45) is 0 Å². The van der Waals surface area contributed by atoms with Crippen molar-refractivity contribution in [2.75, 3.05) is 41.3 Å². The third-order valence-electron chi connectivity index (χ3n) is 5.58. The lowest BCUT2D eigenvalue weighted by Gasteiger charge is -2.36. The zero-order valence-electron chi connectivity index (χ0n) is 17.8. The fourth-order valence-corrected chi connectivity index (χ4v) is 3.81. The number of nitrogens with zero attached hydrogens (tertiary/aromatic N) is 5. The van der Waals surface area contributed by atoms with Crippen LogP contribution in [0.1, 0.15) is 10.5 Å². The first kappa shape index (κ1) is 20.6. The summed E-state index contributed by atoms with van der Waals surface area (Å²) in [6, 6.07) is 19.7. The van der Waals surface area contributed by atoms with Crippen molar-refractivity contribution < 1.29 is 9.18 Å². The van der Waals surface area contributed by atoms with E-state index in [4.69, 9.17) is 0 Å². The van der Waals surface area contributed by atoms with E-state index in [9.17, 15) is 9.18 Å². The van der Waals surface area contributed by atoms with Gasteiger partial charge in [0, 0.05) is 43.5 Å². The minimum atomic E-state index is -0.366. The molecule has 0 spiro atoms. The van der Waals surface area contributed by atoms with Crippen LogP contribution in [-0.4, -0.2) is 52.3 Å². The maximum atomic E-state index is 13.1. The number of halogens is 1. The topological polar surface area (TPSA) is 90.0 Å². The second kappa shape index (κ2) is 9.07. The number of rotatable bonds is 5. The molecule has 0 saturated carbocycles. The molecule has 5 rings (SSSR count). The quantitative estimate of drug-likeness (QED) is 0.490. The van der Waals surface area contributed by atoms with E-state index in [0.29, 0.717) is 17.1 Å². The highest BCUT2D eigenvalue weighted by Crippen LogP contribution is 2.21. The van der Waals surface area contributed by atoms with Gasteiger partial charge in [0.15, 0.2) is 0 Å². The first-order chi connectivity index (χ1) is 16.2. The molecule has 0 bridgehead atoms. The summed E-state index contributed by atoms with van der Waals surface area (Å²) < 4.78 is 13.1. The largest absolute Gasteiger partial charge is 0.368 e. The van der Waals surface area contributed by atoms with Crippen molar-refractivity contribution in [3.8, 4) is 11.3 Å². The number of amides is 1.